The Morgan fingerprint density at radius 1 is 1.21 bits per heavy atom. The molecule has 0 spiro atoms. The van der Waals surface area contributed by atoms with Crippen LogP contribution in [0, 0.1) is 12.3 Å². The predicted octanol–water partition coefficient (Wildman–Crippen LogP) is 5.27. The summed E-state index contributed by atoms with van der Waals surface area (Å²) in [4.78, 5) is 8.30. The van der Waals surface area contributed by atoms with Gasteiger partial charge in [0.05, 0.1) is 11.2 Å². The molecular weight excluding hydrogens is 410 g/mol. The molecule has 29 heavy (non-hydrogen) atoms. The number of allylic oxidation sites excluding steroid dienone is 3. The largest absolute Gasteiger partial charge is 0.435 e. The topological polar surface area (TPSA) is 81.2 Å². The Morgan fingerprint density at radius 3 is 2.55 bits per heavy atom. The van der Waals surface area contributed by atoms with E-state index in [4.69, 9.17) is 16.3 Å². The van der Waals surface area contributed by atoms with E-state index in [1.807, 2.05) is 19.1 Å². The molecule has 1 atom stereocenters. The third-order valence-electron chi connectivity index (χ3n) is 4.49. The first kappa shape index (κ1) is 21.3. The Kier molecular flexibility index (Phi) is 6.00. The monoisotopic (exact) mass is 433 g/mol. The molecule has 0 fully saturated rings. The second-order valence-corrected chi connectivity index (χ2v) is 10.3. The number of hydrogen-bond donors (Lipinski definition) is 1. The van der Waals surface area contributed by atoms with Gasteiger partial charge in [-0.15, -0.1) is 0 Å². The van der Waals surface area contributed by atoms with Crippen LogP contribution in [0.3, 0.4) is 0 Å². The third-order valence-corrected chi connectivity index (χ3v) is 6.35. The van der Waals surface area contributed by atoms with Gasteiger partial charge in [0.1, 0.15) is 16.7 Å². The molecule has 0 amide bonds. The summed E-state index contributed by atoms with van der Waals surface area (Å²) in [5.74, 6) is 0.551. The highest BCUT2D eigenvalue weighted by molar-refractivity contribution is 7.93. The van der Waals surface area contributed by atoms with Crippen LogP contribution >= 0.6 is 11.6 Å². The molecule has 0 radical (unpaired) electrons. The van der Waals surface area contributed by atoms with E-state index in [0.717, 1.165) is 11.3 Å². The molecule has 0 bridgehead atoms. The Morgan fingerprint density at radius 2 is 1.97 bits per heavy atom. The van der Waals surface area contributed by atoms with E-state index in [9.17, 15) is 8.42 Å². The lowest BCUT2D eigenvalue weighted by atomic mass is 9.84. The average molecular weight is 434 g/mol. The van der Waals surface area contributed by atoms with Gasteiger partial charge in [-0.3, -0.25) is 9.71 Å². The highest BCUT2D eigenvalue weighted by Crippen LogP contribution is 2.33. The molecule has 3 rings (SSSR count). The maximum absolute atomic E-state index is 12.9. The fourth-order valence-electron chi connectivity index (χ4n) is 2.82. The fraction of sp³-hybridized carbons (Fsp3) is 0.333. The van der Waals surface area contributed by atoms with Gasteiger partial charge in [0.25, 0.3) is 0 Å². The molecule has 8 heteroatoms. The van der Waals surface area contributed by atoms with Crippen LogP contribution in [-0.4, -0.2) is 23.6 Å². The summed E-state index contributed by atoms with van der Waals surface area (Å²) in [5, 5.41) is -0.396. The number of nitrogens with one attached hydrogen (secondary N) is 1. The summed E-state index contributed by atoms with van der Waals surface area (Å²) >= 11 is 6.04. The minimum Gasteiger partial charge on any atom is -0.435 e. The first-order valence-corrected chi connectivity index (χ1v) is 11.1. The van der Waals surface area contributed by atoms with Gasteiger partial charge in [-0.1, -0.05) is 50.6 Å². The van der Waals surface area contributed by atoms with Crippen molar-refractivity contribution in [3.05, 3.63) is 65.1 Å². The van der Waals surface area contributed by atoms with Crippen molar-refractivity contribution in [1.29, 1.82) is 0 Å². The number of pyridine rings is 2. The molecule has 0 saturated heterocycles. The highest BCUT2D eigenvalue weighted by Gasteiger charge is 2.28. The van der Waals surface area contributed by atoms with Gasteiger partial charge in [0, 0.05) is 11.9 Å². The van der Waals surface area contributed by atoms with E-state index in [1.165, 1.54) is 12.3 Å². The van der Waals surface area contributed by atoms with Gasteiger partial charge in [0.2, 0.25) is 15.9 Å². The third kappa shape index (κ3) is 5.36. The summed E-state index contributed by atoms with van der Waals surface area (Å²) < 4.78 is 34.2. The summed E-state index contributed by atoms with van der Waals surface area (Å²) in [7, 11) is -3.72. The van der Waals surface area contributed by atoms with Crippen LogP contribution in [0.1, 0.15) is 32.9 Å². The quantitative estimate of drug-likeness (QED) is 0.694. The van der Waals surface area contributed by atoms with E-state index in [1.54, 1.807) is 24.4 Å². The van der Waals surface area contributed by atoms with Crippen molar-refractivity contribution in [1.82, 2.24) is 9.97 Å². The lowest BCUT2D eigenvalue weighted by Crippen LogP contribution is -2.28. The molecule has 6 nitrogen and oxygen atoms in total. The Hall–Kier alpha value is -2.38. The number of rotatable bonds is 5. The fourth-order valence-corrected chi connectivity index (χ4v) is 4.22. The number of hydrogen-bond acceptors (Lipinski definition) is 5. The molecule has 2 heterocycles. The standard InChI is InChI=1S/C21H24ClN3O3S/c1-14-5-8-17(13-23-14)28-20-19(11-16(22)12-24-20)25-29(26,27)18-9-6-15(7-10-18)21(2,3)4/h5-9,11-13,18,25H,10H2,1-4H3. The number of ether oxygens (including phenoxy) is 1. The summed E-state index contributed by atoms with van der Waals surface area (Å²) in [6.07, 6.45) is 8.89. The van der Waals surface area contributed by atoms with Gasteiger partial charge in [-0.2, -0.15) is 0 Å². The van der Waals surface area contributed by atoms with Crippen molar-refractivity contribution in [3.63, 3.8) is 0 Å². The van der Waals surface area contributed by atoms with Crippen molar-refractivity contribution in [2.45, 2.75) is 39.4 Å². The van der Waals surface area contributed by atoms with Gasteiger partial charge in [-0.05, 0) is 42.5 Å². The normalized spacial score (nSPS) is 17.0. The highest BCUT2D eigenvalue weighted by atomic mass is 35.5. The molecule has 154 valence electrons. The van der Waals surface area contributed by atoms with Crippen LogP contribution in [0.15, 0.2) is 54.4 Å². The van der Waals surface area contributed by atoms with Crippen LogP contribution in [0.4, 0.5) is 5.69 Å². The minimum atomic E-state index is -3.72. The molecule has 0 aromatic carbocycles. The number of sulfonamides is 1. The van der Waals surface area contributed by atoms with E-state index in [-0.39, 0.29) is 17.0 Å². The second-order valence-electron chi connectivity index (χ2n) is 7.93. The summed E-state index contributed by atoms with van der Waals surface area (Å²) in [5.41, 5.74) is 2.11. The molecular formula is C21H24ClN3O3S. The van der Waals surface area contributed by atoms with E-state index in [2.05, 4.69) is 35.5 Å². The number of halogens is 1. The van der Waals surface area contributed by atoms with Crippen LogP contribution in [-0.2, 0) is 10.0 Å². The molecule has 1 N–H and O–H groups in total. The molecule has 0 saturated carbocycles. The average Bonchev–Trinajstić information content (AvgIpc) is 2.65. The van der Waals surface area contributed by atoms with Crippen LogP contribution in [0.5, 0.6) is 11.6 Å². The van der Waals surface area contributed by atoms with E-state index >= 15 is 0 Å². The maximum Gasteiger partial charge on any atom is 0.244 e. The lowest BCUT2D eigenvalue weighted by molar-refractivity contribution is 0.463. The summed E-state index contributed by atoms with van der Waals surface area (Å²) in [6, 6.07) is 5.01. The zero-order valence-electron chi connectivity index (χ0n) is 16.8. The van der Waals surface area contributed by atoms with Crippen molar-refractivity contribution in [2.75, 3.05) is 4.72 Å². The predicted molar refractivity (Wildman–Crippen MR) is 116 cm³/mol. The smallest absolute Gasteiger partial charge is 0.244 e. The van der Waals surface area contributed by atoms with Gasteiger partial charge in [-0.25, -0.2) is 13.4 Å². The summed E-state index contributed by atoms with van der Waals surface area (Å²) in [6.45, 7) is 8.15. The molecule has 0 aliphatic heterocycles. The number of anilines is 1. The van der Waals surface area contributed by atoms with Crippen LogP contribution in [0.2, 0.25) is 5.02 Å². The van der Waals surface area contributed by atoms with Crippen LogP contribution < -0.4 is 9.46 Å². The molecule has 2 aromatic rings. The van der Waals surface area contributed by atoms with E-state index < -0.39 is 15.3 Å². The Bertz CT molecular complexity index is 1060. The van der Waals surface area contributed by atoms with Crippen molar-refractivity contribution in [3.8, 4) is 11.6 Å². The van der Waals surface area contributed by atoms with Crippen molar-refractivity contribution < 1.29 is 13.2 Å². The zero-order valence-corrected chi connectivity index (χ0v) is 18.4. The molecule has 2 aromatic heterocycles. The number of nitrogens with zero attached hydrogens (tertiary/aromatic N) is 2. The van der Waals surface area contributed by atoms with Gasteiger partial charge < -0.3 is 4.74 Å². The molecule has 1 aliphatic rings. The van der Waals surface area contributed by atoms with E-state index in [0.29, 0.717) is 17.2 Å². The second kappa shape index (κ2) is 8.16. The van der Waals surface area contributed by atoms with Crippen molar-refractivity contribution >= 4 is 27.3 Å². The lowest BCUT2D eigenvalue weighted by Gasteiger charge is -2.25. The minimum absolute atomic E-state index is 0.0291. The first-order chi connectivity index (χ1) is 13.5. The molecule has 1 unspecified atom stereocenters. The first-order valence-electron chi connectivity index (χ1n) is 9.21. The van der Waals surface area contributed by atoms with Gasteiger partial charge >= 0.3 is 0 Å². The maximum atomic E-state index is 12.9. The zero-order chi connectivity index (χ0) is 21.2. The van der Waals surface area contributed by atoms with Crippen molar-refractivity contribution in [2.24, 2.45) is 5.41 Å². The van der Waals surface area contributed by atoms with Crippen LogP contribution in [0.25, 0.3) is 0 Å². The SMILES string of the molecule is Cc1ccc(Oc2ncc(Cl)cc2NS(=O)(=O)C2C=CC(C(C)(C)C)=CC2)cn1. The van der Waals surface area contributed by atoms with Gasteiger partial charge in [0.15, 0.2) is 0 Å². The Labute approximate surface area is 176 Å². The Balaban J connectivity index is 1.82. The number of aryl methyl sites for hydroxylation is 1. The molecule has 1 aliphatic carbocycles. The number of aromatic nitrogens is 2.